The van der Waals surface area contributed by atoms with Crippen LogP contribution in [0.3, 0.4) is 0 Å². The summed E-state index contributed by atoms with van der Waals surface area (Å²) >= 11 is 7.20. The van der Waals surface area contributed by atoms with Gasteiger partial charge in [0.25, 0.3) is 5.91 Å². The highest BCUT2D eigenvalue weighted by molar-refractivity contribution is 7.11. The van der Waals surface area contributed by atoms with Crippen LogP contribution in [0, 0.1) is 0 Å². The molecule has 1 heterocycles. The lowest BCUT2D eigenvalue weighted by Crippen LogP contribution is -2.38. The number of nitrogens with one attached hydrogen (secondary N) is 1. The first-order chi connectivity index (χ1) is 11.6. The highest BCUT2D eigenvalue weighted by Crippen LogP contribution is 2.25. The molecule has 1 N–H and O–H groups in total. The predicted octanol–water partition coefficient (Wildman–Crippen LogP) is 4.36. The topological polar surface area (TPSA) is 55.4 Å². The zero-order chi connectivity index (χ0) is 16.9. The molecule has 4 nitrogen and oxygen atoms in total. The number of benzene rings is 1. The maximum Gasteiger partial charge on any atom is 0.349 e. The summed E-state index contributed by atoms with van der Waals surface area (Å²) < 4.78 is 5.51. The smallest absolute Gasteiger partial charge is 0.349 e. The molecule has 126 valence electrons. The Balaban J connectivity index is 1.78. The molecule has 1 aromatic heterocycles. The van der Waals surface area contributed by atoms with E-state index in [-0.39, 0.29) is 11.9 Å². The van der Waals surface area contributed by atoms with Gasteiger partial charge in [-0.25, -0.2) is 4.79 Å². The summed E-state index contributed by atoms with van der Waals surface area (Å²) in [6.45, 7) is 0. The molecule has 0 bridgehead atoms. The van der Waals surface area contributed by atoms with Gasteiger partial charge in [-0.3, -0.25) is 4.79 Å². The van der Waals surface area contributed by atoms with E-state index in [1.807, 2.05) is 0 Å². The monoisotopic (exact) mass is 363 g/mol. The van der Waals surface area contributed by atoms with E-state index in [0.29, 0.717) is 15.5 Å². The third-order valence-corrected chi connectivity index (χ3v) is 5.16. The van der Waals surface area contributed by atoms with Gasteiger partial charge in [0, 0.05) is 16.6 Å². The highest BCUT2D eigenvalue weighted by atomic mass is 35.5. The lowest BCUT2D eigenvalue weighted by Gasteiger charge is -2.20. The molecule has 1 amide bonds. The molecule has 1 unspecified atom stereocenters. The number of carbonyl (C=O) groups is 2. The zero-order valence-corrected chi connectivity index (χ0v) is 14.6. The number of thiophene rings is 1. The molecule has 2 aromatic rings. The van der Waals surface area contributed by atoms with Gasteiger partial charge in [0.1, 0.15) is 4.88 Å². The Labute approximate surface area is 149 Å². The van der Waals surface area contributed by atoms with Gasteiger partial charge in [-0.1, -0.05) is 42.6 Å². The van der Waals surface area contributed by atoms with Crippen molar-refractivity contribution in [2.75, 3.05) is 0 Å². The lowest BCUT2D eigenvalue weighted by molar-refractivity contribution is -0.131. The molecule has 0 radical (unpaired) electrons. The fourth-order valence-corrected chi connectivity index (χ4v) is 3.55. The summed E-state index contributed by atoms with van der Waals surface area (Å²) in [6, 6.07) is 10.4. The van der Waals surface area contributed by atoms with E-state index in [4.69, 9.17) is 16.3 Å². The molecule has 24 heavy (non-hydrogen) atoms. The van der Waals surface area contributed by atoms with Crippen molar-refractivity contribution in [3.05, 3.63) is 57.2 Å². The Morgan fingerprint density at radius 1 is 1.17 bits per heavy atom. The van der Waals surface area contributed by atoms with E-state index in [1.54, 1.807) is 41.8 Å². The van der Waals surface area contributed by atoms with Crippen molar-refractivity contribution in [2.24, 2.45) is 0 Å². The minimum absolute atomic E-state index is 0.160. The van der Waals surface area contributed by atoms with E-state index in [2.05, 4.69) is 5.32 Å². The van der Waals surface area contributed by atoms with Crippen LogP contribution in [0.25, 0.3) is 0 Å². The number of hydrogen-bond donors (Lipinski definition) is 1. The van der Waals surface area contributed by atoms with E-state index in [0.717, 1.165) is 25.7 Å². The van der Waals surface area contributed by atoms with Gasteiger partial charge in [-0.2, -0.15) is 0 Å². The lowest BCUT2D eigenvalue weighted by atomic mass is 10.1. The maximum atomic E-state index is 12.7. The van der Waals surface area contributed by atoms with E-state index in [1.165, 1.54) is 11.3 Å². The quantitative estimate of drug-likeness (QED) is 0.803. The Bertz CT molecular complexity index is 694. The van der Waals surface area contributed by atoms with E-state index in [9.17, 15) is 9.59 Å². The van der Waals surface area contributed by atoms with Crippen LogP contribution in [0.5, 0.6) is 0 Å². The van der Waals surface area contributed by atoms with Gasteiger partial charge in [-0.05, 0) is 36.4 Å². The number of ether oxygens (including phenoxy) is 1. The third kappa shape index (κ3) is 4.16. The second-order valence-electron chi connectivity index (χ2n) is 5.80. The van der Waals surface area contributed by atoms with E-state index < -0.39 is 12.1 Å². The van der Waals surface area contributed by atoms with Gasteiger partial charge in [-0.15, -0.1) is 11.3 Å². The van der Waals surface area contributed by atoms with Crippen molar-refractivity contribution in [3.8, 4) is 0 Å². The van der Waals surface area contributed by atoms with Crippen LogP contribution < -0.4 is 5.32 Å². The average molecular weight is 364 g/mol. The standard InChI is InChI=1S/C18H18ClNO3S/c19-13-9-7-12(8-10-13)16(17(21)20-14-4-1-2-5-14)23-18(22)15-6-3-11-24-15/h3,6-11,14,16H,1-2,4-5H2,(H,20,21). The molecule has 0 aliphatic heterocycles. The predicted molar refractivity (Wildman–Crippen MR) is 94.3 cm³/mol. The molecule has 1 atom stereocenters. The molecular formula is C18H18ClNO3S. The van der Waals surface area contributed by atoms with Crippen LogP contribution in [0.2, 0.25) is 5.02 Å². The molecule has 6 heteroatoms. The highest BCUT2D eigenvalue weighted by Gasteiger charge is 2.28. The number of halogens is 1. The van der Waals surface area contributed by atoms with Crippen molar-refractivity contribution in [3.63, 3.8) is 0 Å². The first kappa shape index (κ1) is 17.0. The van der Waals surface area contributed by atoms with Crippen molar-refractivity contribution in [1.82, 2.24) is 5.32 Å². The molecule has 1 aromatic carbocycles. The van der Waals surface area contributed by atoms with Gasteiger partial charge in [0.15, 0.2) is 0 Å². The number of rotatable bonds is 5. The Morgan fingerprint density at radius 2 is 1.88 bits per heavy atom. The number of carbonyl (C=O) groups excluding carboxylic acids is 2. The molecular weight excluding hydrogens is 346 g/mol. The molecule has 1 fully saturated rings. The van der Waals surface area contributed by atoms with Gasteiger partial charge < -0.3 is 10.1 Å². The SMILES string of the molecule is O=C(OC(C(=O)NC1CCCC1)c1ccc(Cl)cc1)c1cccs1. The van der Waals surface area contributed by atoms with Gasteiger partial charge in [0.2, 0.25) is 6.10 Å². The molecule has 0 saturated heterocycles. The van der Waals surface area contributed by atoms with E-state index >= 15 is 0 Å². The fourth-order valence-electron chi connectivity index (χ4n) is 2.82. The minimum Gasteiger partial charge on any atom is -0.443 e. The Morgan fingerprint density at radius 3 is 2.50 bits per heavy atom. The largest absolute Gasteiger partial charge is 0.443 e. The minimum atomic E-state index is -0.975. The summed E-state index contributed by atoms with van der Waals surface area (Å²) in [7, 11) is 0. The summed E-state index contributed by atoms with van der Waals surface area (Å²) in [6.07, 6.45) is 3.20. The molecule has 1 saturated carbocycles. The average Bonchev–Trinajstić information content (AvgIpc) is 3.27. The first-order valence-electron chi connectivity index (χ1n) is 7.94. The summed E-state index contributed by atoms with van der Waals surface area (Å²) in [5, 5.41) is 5.36. The molecule has 0 spiro atoms. The van der Waals surface area contributed by atoms with Crippen molar-refractivity contribution >= 4 is 34.8 Å². The fraction of sp³-hybridized carbons (Fsp3) is 0.333. The number of esters is 1. The van der Waals surface area contributed by atoms with Crippen molar-refractivity contribution in [2.45, 2.75) is 37.8 Å². The Hall–Kier alpha value is -1.85. The summed E-state index contributed by atoms with van der Waals surface area (Å²) in [5.41, 5.74) is 0.611. The number of hydrogen-bond acceptors (Lipinski definition) is 4. The van der Waals surface area contributed by atoms with Crippen LogP contribution in [0.4, 0.5) is 0 Å². The number of amides is 1. The molecule has 3 rings (SSSR count). The third-order valence-electron chi connectivity index (χ3n) is 4.06. The maximum absolute atomic E-state index is 12.7. The second-order valence-corrected chi connectivity index (χ2v) is 7.19. The first-order valence-corrected chi connectivity index (χ1v) is 9.19. The van der Waals surface area contributed by atoms with Crippen LogP contribution in [0.15, 0.2) is 41.8 Å². The van der Waals surface area contributed by atoms with Crippen LogP contribution in [0.1, 0.15) is 47.0 Å². The molecule has 1 aliphatic rings. The van der Waals surface area contributed by atoms with Gasteiger partial charge in [0.05, 0.1) is 0 Å². The molecule has 1 aliphatic carbocycles. The van der Waals surface area contributed by atoms with Crippen molar-refractivity contribution < 1.29 is 14.3 Å². The zero-order valence-electron chi connectivity index (χ0n) is 13.0. The summed E-state index contributed by atoms with van der Waals surface area (Å²) in [4.78, 5) is 25.4. The second kappa shape index (κ2) is 7.81. The normalized spacial score (nSPS) is 15.9. The van der Waals surface area contributed by atoms with Crippen LogP contribution >= 0.6 is 22.9 Å². The van der Waals surface area contributed by atoms with Gasteiger partial charge >= 0.3 is 5.97 Å². The van der Waals surface area contributed by atoms with Crippen LogP contribution in [-0.2, 0) is 9.53 Å². The van der Waals surface area contributed by atoms with Crippen LogP contribution in [-0.4, -0.2) is 17.9 Å². The Kier molecular flexibility index (Phi) is 5.53. The van der Waals surface area contributed by atoms with Crippen molar-refractivity contribution in [1.29, 1.82) is 0 Å². The summed E-state index contributed by atoms with van der Waals surface area (Å²) in [5.74, 6) is -0.777.